The summed E-state index contributed by atoms with van der Waals surface area (Å²) < 4.78 is 17.4. The highest BCUT2D eigenvalue weighted by molar-refractivity contribution is 5.87. The van der Waals surface area contributed by atoms with Gasteiger partial charge in [0.15, 0.2) is 11.5 Å². The van der Waals surface area contributed by atoms with Crippen molar-refractivity contribution in [3.63, 3.8) is 0 Å². The summed E-state index contributed by atoms with van der Waals surface area (Å²) in [6, 6.07) is 6.45. The Bertz CT molecular complexity index is 1210. The molecule has 2 aromatic heterocycles. The van der Waals surface area contributed by atoms with E-state index in [1.54, 1.807) is 45.6 Å². The molecule has 0 aliphatic carbocycles. The average molecular weight is 424 g/mol. The Balaban J connectivity index is 2.15. The number of fused-ring (bicyclic) bond motifs is 1. The lowest BCUT2D eigenvalue weighted by molar-refractivity contribution is 0.0696. The molecule has 0 bridgehead atoms. The van der Waals surface area contributed by atoms with Gasteiger partial charge in [0.2, 0.25) is 0 Å². The molecule has 3 aromatic rings. The van der Waals surface area contributed by atoms with E-state index in [2.05, 4.69) is 4.98 Å². The number of carboxylic acid groups (broad SMARTS) is 1. The summed E-state index contributed by atoms with van der Waals surface area (Å²) in [6.07, 6.45) is 6.10. The van der Waals surface area contributed by atoms with Crippen LogP contribution in [0.15, 0.2) is 35.3 Å². The number of pyridine rings is 1. The van der Waals surface area contributed by atoms with Crippen LogP contribution in [0.4, 0.5) is 0 Å². The maximum atomic E-state index is 13.1. The van der Waals surface area contributed by atoms with Crippen LogP contribution in [0.3, 0.4) is 0 Å². The third-order valence-electron chi connectivity index (χ3n) is 4.85. The fourth-order valence-electron chi connectivity index (χ4n) is 3.29. The molecule has 0 saturated carbocycles. The predicted molar refractivity (Wildman–Crippen MR) is 117 cm³/mol. The van der Waals surface area contributed by atoms with E-state index in [1.807, 2.05) is 6.92 Å². The first kappa shape index (κ1) is 21.9. The highest BCUT2D eigenvalue weighted by Gasteiger charge is 2.14. The first-order valence-corrected chi connectivity index (χ1v) is 9.70. The molecule has 8 nitrogen and oxygen atoms in total. The number of hydrogen-bond acceptors (Lipinski definition) is 6. The fraction of sp³-hybridized carbons (Fsp3) is 0.261. The van der Waals surface area contributed by atoms with Crippen LogP contribution in [0.25, 0.3) is 17.8 Å². The summed E-state index contributed by atoms with van der Waals surface area (Å²) in [4.78, 5) is 28.9. The van der Waals surface area contributed by atoms with Crippen molar-refractivity contribution >= 4 is 23.8 Å². The molecular formula is C23H24N2O6. The Morgan fingerprint density at radius 1 is 1.06 bits per heavy atom. The lowest BCUT2D eigenvalue weighted by Crippen LogP contribution is -2.22. The van der Waals surface area contributed by atoms with E-state index in [9.17, 15) is 14.7 Å². The first-order chi connectivity index (χ1) is 14.9. The normalized spacial score (nSPS) is 11.1. The second-order valence-corrected chi connectivity index (χ2v) is 6.76. The van der Waals surface area contributed by atoms with Gasteiger partial charge in [-0.2, -0.15) is 0 Å². The molecule has 0 spiro atoms. The van der Waals surface area contributed by atoms with Gasteiger partial charge in [0.1, 0.15) is 11.4 Å². The third-order valence-corrected chi connectivity index (χ3v) is 4.85. The molecule has 8 heteroatoms. The van der Waals surface area contributed by atoms with Crippen molar-refractivity contribution in [2.45, 2.75) is 19.8 Å². The molecule has 162 valence electrons. The zero-order valence-electron chi connectivity index (χ0n) is 17.8. The smallest absolute Gasteiger partial charge is 0.337 e. The molecule has 0 aliphatic heterocycles. The average Bonchev–Trinajstić information content (AvgIpc) is 2.78. The number of benzene rings is 1. The van der Waals surface area contributed by atoms with Crippen molar-refractivity contribution in [1.29, 1.82) is 0 Å². The van der Waals surface area contributed by atoms with Gasteiger partial charge in [0, 0.05) is 23.4 Å². The molecule has 1 aromatic carbocycles. The number of nitrogens with zero attached hydrogens (tertiary/aromatic N) is 2. The topological polar surface area (TPSA) is 99.4 Å². The molecule has 0 aliphatic rings. The number of aromatic carboxylic acids is 1. The SMILES string of the molecule is CCCc1c(C=Cc2cc(OC)c(OC)cc2OC)nc2ccc(C(=O)O)cn2c1=O. The highest BCUT2D eigenvalue weighted by atomic mass is 16.5. The Labute approximate surface area is 179 Å². The summed E-state index contributed by atoms with van der Waals surface area (Å²) in [5, 5.41) is 9.22. The fourth-order valence-corrected chi connectivity index (χ4v) is 3.29. The standard InChI is InChI=1S/C23H24N2O6/c1-5-6-16-17(24-21-10-8-15(23(27)28)13-25(21)22(16)26)9-7-14-11-19(30-3)20(31-4)12-18(14)29-2/h7-13H,5-6H2,1-4H3,(H,27,28). The summed E-state index contributed by atoms with van der Waals surface area (Å²) in [7, 11) is 4.65. The van der Waals surface area contributed by atoms with E-state index in [0.29, 0.717) is 40.6 Å². The van der Waals surface area contributed by atoms with Crippen molar-refractivity contribution in [3.8, 4) is 17.2 Å². The van der Waals surface area contributed by atoms with Gasteiger partial charge in [0.05, 0.1) is 32.6 Å². The Hall–Kier alpha value is -3.81. The number of ether oxygens (including phenoxy) is 3. The van der Waals surface area contributed by atoms with Gasteiger partial charge in [-0.3, -0.25) is 9.20 Å². The van der Waals surface area contributed by atoms with Gasteiger partial charge in [-0.15, -0.1) is 0 Å². The van der Waals surface area contributed by atoms with Crippen molar-refractivity contribution in [2.24, 2.45) is 0 Å². The maximum Gasteiger partial charge on any atom is 0.337 e. The molecule has 0 unspecified atom stereocenters. The van der Waals surface area contributed by atoms with Gasteiger partial charge in [-0.1, -0.05) is 13.3 Å². The van der Waals surface area contributed by atoms with E-state index in [1.165, 1.54) is 22.7 Å². The Morgan fingerprint density at radius 3 is 2.35 bits per heavy atom. The molecule has 0 amide bonds. The number of rotatable bonds is 8. The van der Waals surface area contributed by atoms with Crippen LogP contribution >= 0.6 is 0 Å². The van der Waals surface area contributed by atoms with Crippen molar-refractivity contribution < 1.29 is 24.1 Å². The molecule has 0 radical (unpaired) electrons. The van der Waals surface area contributed by atoms with Crippen LogP contribution in [-0.4, -0.2) is 41.8 Å². The van der Waals surface area contributed by atoms with E-state index < -0.39 is 5.97 Å². The molecule has 3 rings (SSSR count). The lowest BCUT2D eigenvalue weighted by atomic mass is 10.1. The summed E-state index contributed by atoms with van der Waals surface area (Å²) in [6.45, 7) is 1.97. The third kappa shape index (κ3) is 4.37. The second-order valence-electron chi connectivity index (χ2n) is 6.76. The molecular weight excluding hydrogens is 400 g/mol. The number of carbonyl (C=O) groups is 1. The number of methoxy groups -OCH3 is 3. The summed E-state index contributed by atoms with van der Waals surface area (Å²) in [5.41, 5.74) is 1.87. The minimum atomic E-state index is -1.10. The van der Waals surface area contributed by atoms with Crippen LogP contribution in [0.5, 0.6) is 17.2 Å². The zero-order chi connectivity index (χ0) is 22.5. The van der Waals surface area contributed by atoms with E-state index in [4.69, 9.17) is 14.2 Å². The minimum Gasteiger partial charge on any atom is -0.496 e. The van der Waals surface area contributed by atoms with E-state index >= 15 is 0 Å². The summed E-state index contributed by atoms with van der Waals surface area (Å²) in [5.74, 6) is 0.564. The van der Waals surface area contributed by atoms with Crippen molar-refractivity contribution in [3.05, 3.63) is 63.2 Å². The van der Waals surface area contributed by atoms with Crippen LogP contribution in [0.2, 0.25) is 0 Å². The zero-order valence-corrected chi connectivity index (χ0v) is 17.8. The molecule has 0 fully saturated rings. The van der Waals surface area contributed by atoms with Gasteiger partial charge in [-0.25, -0.2) is 9.78 Å². The largest absolute Gasteiger partial charge is 0.496 e. The number of hydrogen-bond donors (Lipinski definition) is 1. The van der Waals surface area contributed by atoms with Gasteiger partial charge in [-0.05, 0) is 36.8 Å². The van der Waals surface area contributed by atoms with E-state index in [0.717, 1.165) is 12.0 Å². The molecule has 31 heavy (non-hydrogen) atoms. The van der Waals surface area contributed by atoms with Crippen LogP contribution in [-0.2, 0) is 6.42 Å². The summed E-state index contributed by atoms with van der Waals surface area (Å²) >= 11 is 0. The maximum absolute atomic E-state index is 13.1. The highest BCUT2D eigenvalue weighted by Crippen LogP contribution is 2.35. The van der Waals surface area contributed by atoms with Crippen molar-refractivity contribution in [2.75, 3.05) is 21.3 Å². The Kier molecular flexibility index (Phi) is 6.59. The molecule has 2 heterocycles. The van der Waals surface area contributed by atoms with Gasteiger partial charge >= 0.3 is 5.97 Å². The van der Waals surface area contributed by atoms with Crippen molar-refractivity contribution in [1.82, 2.24) is 9.38 Å². The van der Waals surface area contributed by atoms with E-state index in [-0.39, 0.29) is 11.1 Å². The molecule has 1 N–H and O–H groups in total. The second kappa shape index (κ2) is 9.34. The first-order valence-electron chi connectivity index (χ1n) is 9.70. The Morgan fingerprint density at radius 2 is 1.74 bits per heavy atom. The predicted octanol–water partition coefficient (Wildman–Crippen LogP) is 3.54. The quantitative estimate of drug-likeness (QED) is 0.590. The monoisotopic (exact) mass is 424 g/mol. The van der Waals surface area contributed by atoms with Gasteiger partial charge in [0.25, 0.3) is 5.56 Å². The van der Waals surface area contributed by atoms with Crippen LogP contribution in [0, 0.1) is 0 Å². The van der Waals surface area contributed by atoms with Crippen LogP contribution < -0.4 is 19.8 Å². The van der Waals surface area contributed by atoms with Gasteiger partial charge < -0.3 is 19.3 Å². The lowest BCUT2D eigenvalue weighted by Gasteiger charge is -2.12. The number of carboxylic acids is 1. The number of aromatic nitrogens is 2. The van der Waals surface area contributed by atoms with Crippen LogP contribution in [0.1, 0.15) is 40.5 Å². The molecule has 0 saturated heterocycles. The molecule has 0 atom stereocenters. The minimum absolute atomic E-state index is 0.0252.